The summed E-state index contributed by atoms with van der Waals surface area (Å²) in [5, 5.41) is 0. The summed E-state index contributed by atoms with van der Waals surface area (Å²) in [5.41, 5.74) is 21.5. The van der Waals surface area contributed by atoms with Gasteiger partial charge < -0.3 is 9.80 Å². The second-order valence-corrected chi connectivity index (χ2v) is 17.6. The molecule has 2 saturated carbocycles. The summed E-state index contributed by atoms with van der Waals surface area (Å²) in [6.45, 7) is 0. The lowest BCUT2D eigenvalue weighted by molar-refractivity contribution is 0.550. The van der Waals surface area contributed by atoms with Crippen LogP contribution in [0.25, 0.3) is 33.4 Å². The molecule has 2 spiro atoms. The standard InChI is InChI=1S/C58H48N2/c1-3-15-43(16-4-1)59(47-31-33-51-49-19-7-9-21-53(49)57(55(51)39-47)35-11-12-36-57)45-27-23-41(24-28-45)42-25-29-46(30-26-42)60(44-17-5-2-6-18-44)48-32-34-52-50-20-8-10-22-54(50)58(56(52)40-48)37-13-14-38-58/h1-10,15-34,39-40H,11-14,35-38H2. The van der Waals surface area contributed by atoms with Crippen molar-refractivity contribution in [2.75, 3.05) is 9.80 Å². The molecule has 4 aliphatic carbocycles. The average molecular weight is 773 g/mol. The van der Waals surface area contributed by atoms with Gasteiger partial charge in [-0.1, -0.05) is 147 Å². The smallest absolute Gasteiger partial charge is 0.0465 e. The number of hydrogen-bond donors (Lipinski definition) is 0. The predicted molar refractivity (Wildman–Crippen MR) is 251 cm³/mol. The van der Waals surface area contributed by atoms with Gasteiger partial charge in [0.25, 0.3) is 0 Å². The third-order valence-corrected chi connectivity index (χ3v) is 14.5. The topological polar surface area (TPSA) is 6.48 Å². The van der Waals surface area contributed by atoms with Gasteiger partial charge in [0.2, 0.25) is 0 Å². The fourth-order valence-electron chi connectivity index (χ4n) is 11.9. The van der Waals surface area contributed by atoms with Crippen LogP contribution < -0.4 is 9.80 Å². The van der Waals surface area contributed by atoms with Crippen LogP contribution in [0.3, 0.4) is 0 Å². The lowest BCUT2D eigenvalue weighted by Crippen LogP contribution is -2.21. The number of fused-ring (bicyclic) bond motifs is 10. The van der Waals surface area contributed by atoms with E-state index in [1.807, 2.05) is 0 Å². The lowest BCUT2D eigenvalue weighted by Gasteiger charge is -2.30. The molecule has 0 N–H and O–H groups in total. The molecule has 0 heterocycles. The molecule has 8 aromatic rings. The van der Waals surface area contributed by atoms with E-state index < -0.39 is 0 Å². The zero-order valence-electron chi connectivity index (χ0n) is 34.0. The number of anilines is 6. The van der Waals surface area contributed by atoms with Crippen molar-refractivity contribution >= 4 is 34.1 Å². The molecule has 4 aliphatic rings. The first-order valence-corrected chi connectivity index (χ1v) is 22.1. The Morgan fingerprint density at radius 3 is 0.983 bits per heavy atom. The van der Waals surface area contributed by atoms with Crippen molar-refractivity contribution in [1.82, 2.24) is 0 Å². The third kappa shape index (κ3) is 5.40. The normalized spacial score (nSPS) is 16.1. The second-order valence-electron chi connectivity index (χ2n) is 17.6. The van der Waals surface area contributed by atoms with Gasteiger partial charge in [0.05, 0.1) is 0 Å². The predicted octanol–water partition coefficient (Wildman–Crippen LogP) is 16.0. The van der Waals surface area contributed by atoms with Crippen LogP contribution in [-0.4, -0.2) is 0 Å². The summed E-state index contributed by atoms with van der Waals surface area (Å²) in [7, 11) is 0. The van der Waals surface area contributed by atoms with E-state index in [1.165, 1.54) is 130 Å². The summed E-state index contributed by atoms with van der Waals surface area (Å²) in [6, 6.07) is 72.8. The summed E-state index contributed by atoms with van der Waals surface area (Å²) in [4.78, 5) is 4.86. The van der Waals surface area contributed by atoms with Crippen molar-refractivity contribution < 1.29 is 0 Å². The van der Waals surface area contributed by atoms with E-state index in [0.717, 1.165) is 11.4 Å². The van der Waals surface area contributed by atoms with Crippen molar-refractivity contribution in [3.63, 3.8) is 0 Å². The number of benzene rings is 8. The fourth-order valence-corrected chi connectivity index (χ4v) is 11.9. The molecule has 0 amide bonds. The van der Waals surface area contributed by atoms with E-state index >= 15 is 0 Å². The highest BCUT2D eigenvalue weighted by Crippen LogP contribution is 2.59. The molecule has 0 saturated heterocycles. The van der Waals surface area contributed by atoms with Crippen LogP contribution in [0, 0.1) is 0 Å². The molecule has 0 bridgehead atoms. The Morgan fingerprint density at radius 2 is 0.583 bits per heavy atom. The minimum absolute atomic E-state index is 0.126. The van der Waals surface area contributed by atoms with Crippen molar-refractivity contribution in [3.05, 3.63) is 216 Å². The highest BCUT2D eigenvalue weighted by Gasteiger charge is 2.46. The molecule has 60 heavy (non-hydrogen) atoms. The maximum absolute atomic E-state index is 2.51. The van der Waals surface area contributed by atoms with Crippen molar-refractivity contribution in [1.29, 1.82) is 0 Å². The summed E-state index contributed by atoms with van der Waals surface area (Å²) in [6.07, 6.45) is 10.1. The summed E-state index contributed by atoms with van der Waals surface area (Å²) >= 11 is 0. The Morgan fingerprint density at radius 1 is 0.267 bits per heavy atom. The molecule has 0 radical (unpaired) electrons. The van der Waals surface area contributed by atoms with Crippen LogP contribution in [-0.2, 0) is 10.8 Å². The van der Waals surface area contributed by atoms with Crippen LogP contribution in [0.1, 0.15) is 73.6 Å². The van der Waals surface area contributed by atoms with Gasteiger partial charge in [0.1, 0.15) is 0 Å². The van der Waals surface area contributed by atoms with E-state index in [4.69, 9.17) is 0 Å². The van der Waals surface area contributed by atoms with E-state index in [9.17, 15) is 0 Å². The van der Waals surface area contributed by atoms with Gasteiger partial charge in [-0.15, -0.1) is 0 Å². The zero-order valence-corrected chi connectivity index (χ0v) is 34.0. The van der Waals surface area contributed by atoms with E-state index in [2.05, 4.69) is 204 Å². The van der Waals surface area contributed by atoms with Crippen molar-refractivity contribution in [2.24, 2.45) is 0 Å². The summed E-state index contributed by atoms with van der Waals surface area (Å²) < 4.78 is 0. The molecule has 290 valence electrons. The second kappa shape index (κ2) is 14.0. The van der Waals surface area contributed by atoms with Gasteiger partial charge in [-0.2, -0.15) is 0 Å². The molecular formula is C58H48N2. The van der Waals surface area contributed by atoms with Gasteiger partial charge in [-0.25, -0.2) is 0 Å². The summed E-state index contributed by atoms with van der Waals surface area (Å²) in [5.74, 6) is 0. The largest absolute Gasteiger partial charge is 0.310 e. The highest BCUT2D eigenvalue weighted by atomic mass is 15.1. The number of nitrogens with zero attached hydrogens (tertiary/aromatic N) is 2. The Labute approximate surface area is 354 Å². The van der Waals surface area contributed by atoms with Crippen LogP contribution in [0.15, 0.2) is 194 Å². The quantitative estimate of drug-likeness (QED) is 0.159. The van der Waals surface area contributed by atoms with Crippen LogP contribution >= 0.6 is 0 Å². The van der Waals surface area contributed by atoms with Gasteiger partial charge in [-0.3, -0.25) is 0 Å². The molecular weight excluding hydrogens is 725 g/mol. The average Bonchev–Trinajstić information content (AvgIpc) is 4.12. The molecule has 2 nitrogen and oxygen atoms in total. The molecule has 2 heteroatoms. The molecule has 8 aromatic carbocycles. The van der Waals surface area contributed by atoms with E-state index in [0.29, 0.717) is 0 Å². The Bertz CT molecular complexity index is 2660. The van der Waals surface area contributed by atoms with Gasteiger partial charge in [0, 0.05) is 45.0 Å². The van der Waals surface area contributed by atoms with Gasteiger partial charge in [-0.05, 0) is 154 Å². The molecule has 2 fully saturated rings. The monoisotopic (exact) mass is 772 g/mol. The third-order valence-electron chi connectivity index (χ3n) is 14.5. The molecule has 12 rings (SSSR count). The molecule has 0 aliphatic heterocycles. The number of rotatable bonds is 7. The highest BCUT2D eigenvalue weighted by molar-refractivity contribution is 5.88. The Kier molecular flexibility index (Phi) is 8.23. The fraction of sp³-hybridized carbons (Fsp3) is 0.172. The molecule has 0 aromatic heterocycles. The minimum atomic E-state index is 0.126. The van der Waals surface area contributed by atoms with Gasteiger partial charge >= 0.3 is 0 Å². The van der Waals surface area contributed by atoms with Crippen molar-refractivity contribution in [3.8, 4) is 33.4 Å². The Hall–Kier alpha value is -6.64. The Balaban J connectivity index is 0.885. The van der Waals surface area contributed by atoms with Crippen LogP contribution in [0.4, 0.5) is 34.1 Å². The van der Waals surface area contributed by atoms with E-state index in [-0.39, 0.29) is 10.8 Å². The van der Waals surface area contributed by atoms with E-state index in [1.54, 1.807) is 0 Å². The van der Waals surface area contributed by atoms with Gasteiger partial charge in [0.15, 0.2) is 0 Å². The lowest BCUT2D eigenvalue weighted by atomic mass is 9.76. The molecule has 0 unspecified atom stereocenters. The maximum atomic E-state index is 2.51. The van der Waals surface area contributed by atoms with Crippen LogP contribution in [0.2, 0.25) is 0 Å². The van der Waals surface area contributed by atoms with Crippen LogP contribution in [0.5, 0.6) is 0 Å². The zero-order chi connectivity index (χ0) is 39.7. The first-order valence-electron chi connectivity index (χ1n) is 22.1. The SMILES string of the molecule is c1ccc(N(c2ccc(-c3ccc(N(c4ccccc4)c4ccc5c(c4)C4(CCCC4)c4ccccc4-5)cc3)cc2)c2ccc3c(c2)C2(CCCC2)c2ccccc2-3)cc1. The first-order chi connectivity index (χ1) is 29.7. The minimum Gasteiger partial charge on any atom is -0.310 e. The maximum Gasteiger partial charge on any atom is 0.0465 e. The number of hydrogen-bond acceptors (Lipinski definition) is 2. The van der Waals surface area contributed by atoms with Crippen molar-refractivity contribution in [2.45, 2.75) is 62.2 Å². The first kappa shape index (κ1) is 35.3. The molecule has 0 atom stereocenters. The number of para-hydroxylation sites is 2.